The molecule has 2 saturated heterocycles. The largest absolute Gasteiger partial charge is 0.492 e. The van der Waals surface area contributed by atoms with Gasteiger partial charge in [-0.2, -0.15) is 10.4 Å². The molecule has 0 bridgehead atoms. The molecule has 9 nitrogen and oxygen atoms in total. The molecule has 0 radical (unpaired) electrons. The van der Waals surface area contributed by atoms with Crippen molar-refractivity contribution in [3.8, 4) is 22.9 Å². The predicted molar refractivity (Wildman–Crippen MR) is 151 cm³/mol. The monoisotopic (exact) mass is 522 g/mol. The fourth-order valence-corrected chi connectivity index (χ4v) is 5.57. The van der Waals surface area contributed by atoms with E-state index in [1.807, 2.05) is 36.8 Å². The number of ether oxygens (including phenoxy) is 1. The molecule has 0 amide bonds. The summed E-state index contributed by atoms with van der Waals surface area (Å²) in [5.41, 5.74) is 4.29. The summed E-state index contributed by atoms with van der Waals surface area (Å²) >= 11 is 0. The molecule has 200 valence electrons. The zero-order chi connectivity index (χ0) is 26.8. The second-order valence-electron chi connectivity index (χ2n) is 11.1. The van der Waals surface area contributed by atoms with Crippen molar-refractivity contribution in [2.24, 2.45) is 5.92 Å². The lowest BCUT2D eigenvalue weighted by molar-refractivity contribution is 0.0856. The lowest BCUT2D eigenvalue weighted by Gasteiger charge is -2.40. The highest BCUT2D eigenvalue weighted by Crippen LogP contribution is 2.32. The van der Waals surface area contributed by atoms with Gasteiger partial charge in [-0.25, -0.2) is 9.50 Å². The summed E-state index contributed by atoms with van der Waals surface area (Å²) in [4.78, 5) is 13.9. The Morgan fingerprint density at radius 2 is 1.97 bits per heavy atom. The lowest BCUT2D eigenvalue weighted by atomic mass is 9.89. The van der Waals surface area contributed by atoms with Gasteiger partial charge in [-0.3, -0.25) is 4.98 Å². The maximum absolute atomic E-state index is 9.70. The topological polar surface area (TPSA) is 94.6 Å². The normalized spacial score (nSPS) is 17.6. The molecule has 4 aromatic heterocycles. The highest BCUT2D eigenvalue weighted by atomic mass is 16.5. The van der Waals surface area contributed by atoms with Gasteiger partial charge in [0.05, 0.1) is 35.8 Å². The summed E-state index contributed by atoms with van der Waals surface area (Å²) in [6, 6.07) is 14.5. The number of likely N-dealkylation sites (tertiary alicyclic amines) is 1. The van der Waals surface area contributed by atoms with Gasteiger partial charge in [0.25, 0.3) is 0 Å². The third-order valence-corrected chi connectivity index (χ3v) is 8.00. The minimum atomic E-state index is 0.0740. The molecule has 0 unspecified atom stereocenters. The number of anilines is 1. The third kappa shape index (κ3) is 5.44. The van der Waals surface area contributed by atoms with Gasteiger partial charge in [0.15, 0.2) is 0 Å². The predicted octanol–water partition coefficient (Wildman–Crippen LogP) is 3.75. The summed E-state index contributed by atoms with van der Waals surface area (Å²) in [6.07, 6.45) is 9.27. The zero-order valence-corrected chi connectivity index (χ0v) is 22.5. The summed E-state index contributed by atoms with van der Waals surface area (Å²) in [6.45, 7) is 7.72. The molecule has 1 N–H and O–H groups in total. The van der Waals surface area contributed by atoms with E-state index in [1.54, 1.807) is 10.7 Å². The number of piperidine rings is 1. The summed E-state index contributed by atoms with van der Waals surface area (Å²) < 4.78 is 7.89. The quantitative estimate of drug-likeness (QED) is 0.374. The van der Waals surface area contributed by atoms with Crippen molar-refractivity contribution in [2.45, 2.75) is 31.8 Å². The molecule has 9 heteroatoms. The maximum Gasteiger partial charge on any atom is 0.138 e. The van der Waals surface area contributed by atoms with Crippen molar-refractivity contribution in [1.29, 1.82) is 5.26 Å². The molecule has 0 aromatic carbocycles. The van der Waals surface area contributed by atoms with Gasteiger partial charge in [0, 0.05) is 67.7 Å². The van der Waals surface area contributed by atoms with Crippen molar-refractivity contribution in [2.75, 3.05) is 44.7 Å². The number of rotatable bonds is 8. The molecular weight excluding hydrogens is 488 g/mol. The molecule has 6 heterocycles. The molecule has 0 spiro atoms. The molecule has 2 aliphatic rings. The molecule has 0 saturated carbocycles. The van der Waals surface area contributed by atoms with Gasteiger partial charge in [-0.05, 0) is 57.1 Å². The molecule has 0 atom stereocenters. The van der Waals surface area contributed by atoms with Gasteiger partial charge in [0.1, 0.15) is 17.6 Å². The highest BCUT2D eigenvalue weighted by molar-refractivity contribution is 5.85. The average Bonchev–Trinajstić information content (AvgIpc) is 3.38. The molecular formula is C30H34N8O. The van der Waals surface area contributed by atoms with Gasteiger partial charge in [-0.15, -0.1) is 0 Å². The molecule has 4 aromatic rings. The van der Waals surface area contributed by atoms with Crippen LogP contribution in [0.2, 0.25) is 0 Å². The van der Waals surface area contributed by atoms with Crippen LogP contribution in [0.1, 0.15) is 31.0 Å². The number of hydrogen-bond acceptors (Lipinski definition) is 8. The van der Waals surface area contributed by atoms with E-state index in [-0.39, 0.29) is 5.54 Å². The van der Waals surface area contributed by atoms with Crippen LogP contribution in [0.5, 0.6) is 5.75 Å². The number of pyridine rings is 3. The highest BCUT2D eigenvalue weighted by Gasteiger charge is 2.30. The van der Waals surface area contributed by atoms with Crippen LogP contribution in [0.15, 0.2) is 61.2 Å². The first-order valence-electron chi connectivity index (χ1n) is 13.6. The number of nitriles is 1. The SMILES string of the molecule is CN1CC(COc2cc(-c3ccc(N4CCC(C)(NCc5ccccn5)CC4)nc3)c3c(C#N)cnn3c2)C1. The number of fused-ring (bicyclic) bond motifs is 1. The number of nitrogens with one attached hydrogen (secondary N) is 1. The van der Waals surface area contributed by atoms with Crippen molar-refractivity contribution < 1.29 is 4.74 Å². The van der Waals surface area contributed by atoms with E-state index in [2.05, 4.69) is 63.4 Å². The van der Waals surface area contributed by atoms with E-state index in [1.165, 1.54) is 0 Å². The minimum absolute atomic E-state index is 0.0740. The van der Waals surface area contributed by atoms with Crippen LogP contribution in [0.4, 0.5) is 5.82 Å². The van der Waals surface area contributed by atoms with Gasteiger partial charge < -0.3 is 19.9 Å². The standard InChI is InChI=1S/C30H34N8O/c1-30(34-17-25-5-3-4-10-32-25)8-11-37(12-9-30)28-7-6-23(15-33-28)27-13-26(39-21-22-18-36(2)19-22)20-38-29(27)24(14-31)16-35-38/h3-7,10,13,15-16,20,22,34H,8-9,11-12,17-19,21H2,1-2H3. The van der Waals surface area contributed by atoms with Crippen molar-refractivity contribution >= 4 is 11.3 Å². The Balaban J connectivity index is 1.16. The van der Waals surface area contributed by atoms with E-state index in [4.69, 9.17) is 9.72 Å². The van der Waals surface area contributed by atoms with Crippen LogP contribution in [0.25, 0.3) is 16.6 Å². The number of aromatic nitrogens is 4. The Bertz CT molecular complexity index is 1460. The number of hydrogen-bond donors (Lipinski definition) is 1. The fraction of sp³-hybridized carbons (Fsp3) is 0.400. The first-order chi connectivity index (χ1) is 19.0. The minimum Gasteiger partial charge on any atom is -0.492 e. The molecule has 2 fully saturated rings. The molecule has 0 aliphatic carbocycles. The second-order valence-corrected chi connectivity index (χ2v) is 11.1. The Hall–Kier alpha value is -4.00. The summed E-state index contributed by atoms with van der Waals surface area (Å²) in [5.74, 6) is 2.26. The van der Waals surface area contributed by atoms with Crippen molar-refractivity contribution in [3.63, 3.8) is 0 Å². The zero-order valence-electron chi connectivity index (χ0n) is 22.5. The number of nitrogens with zero attached hydrogens (tertiary/aromatic N) is 7. The van der Waals surface area contributed by atoms with E-state index in [0.717, 1.165) is 79.5 Å². The maximum atomic E-state index is 9.70. The molecule has 2 aliphatic heterocycles. The van der Waals surface area contributed by atoms with Crippen LogP contribution in [-0.4, -0.2) is 69.9 Å². The van der Waals surface area contributed by atoms with Crippen LogP contribution in [-0.2, 0) is 6.54 Å². The van der Waals surface area contributed by atoms with Gasteiger partial charge in [0.2, 0.25) is 0 Å². The summed E-state index contributed by atoms with van der Waals surface area (Å²) in [7, 11) is 2.12. The van der Waals surface area contributed by atoms with Crippen molar-refractivity contribution in [1.82, 2.24) is 29.8 Å². The van der Waals surface area contributed by atoms with E-state index < -0.39 is 0 Å². The Morgan fingerprint density at radius 1 is 1.13 bits per heavy atom. The van der Waals surface area contributed by atoms with Crippen LogP contribution in [0.3, 0.4) is 0 Å². The third-order valence-electron chi connectivity index (χ3n) is 8.00. The first kappa shape index (κ1) is 25.3. The smallest absolute Gasteiger partial charge is 0.138 e. The molecule has 6 rings (SSSR count). The van der Waals surface area contributed by atoms with Gasteiger partial charge >= 0.3 is 0 Å². The Morgan fingerprint density at radius 3 is 2.67 bits per heavy atom. The second kappa shape index (κ2) is 10.6. The Labute approximate surface area is 229 Å². The van der Waals surface area contributed by atoms with E-state index in [0.29, 0.717) is 18.1 Å². The lowest BCUT2D eigenvalue weighted by Crippen LogP contribution is -2.51. The van der Waals surface area contributed by atoms with Crippen LogP contribution >= 0.6 is 0 Å². The van der Waals surface area contributed by atoms with Crippen molar-refractivity contribution in [3.05, 3.63) is 72.4 Å². The van der Waals surface area contributed by atoms with Gasteiger partial charge in [-0.1, -0.05) is 6.07 Å². The van der Waals surface area contributed by atoms with Crippen LogP contribution in [0, 0.1) is 17.2 Å². The summed E-state index contributed by atoms with van der Waals surface area (Å²) in [5, 5.41) is 17.8. The van der Waals surface area contributed by atoms with Crippen LogP contribution < -0.4 is 15.0 Å². The fourth-order valence-electron chi connectivity index (χ4n) is 5.57. The first-order valence-corrected chi connectivity index (χ1v) is 13.6. The van der Waals surface area contributed by atoms with E-state index in [9.17, 15) is 5.26 Å². The van der Waals surface area contributed by atoms with E-state index >= 15 is 0 Å². The Kier molecular flexibility index (Phi) is 6.90. The molecule has 39 heavy (non-hydrogen) atoms. The average molecular weight is 523 g/mol.